The fourth-order valence-corrected chi connectivity index (χ4v) is 3.18. The number of amides is 1. The van der Waals surface area contributed by atoms with Gasteiger partial charge in [0.1, 0.15) is 0 Å². The predicted molar refractivity (Wildman–Crippen MR) is 89.4 cm³/mol. The van der Waals surface area contributed by atoms with Gasteiger partial charge in [0.25, 0.3) is 0 Å². The summed E-state index contributed by atoms with van der Waals surface area (Å²) >= 11 is 3.26. The fraction of sp³-hybridized carbons (Fsp3) is 0.462. The van der Waals surface area contributed by atoms with E-state index < -0.39 is 9.84 Å². The molecule has 21 heavy (non-hydrogen) atoms. The number of hydrogen-bond donors (Lipinski definition) is 2. The Morgan fingerprint density at radius 1 is 1.19 bits per heavy atom. The number of rotatable bonds is 8. The first-order chi connectivity index (χ1) is 9.45. The lowest BCUT2D eigenvalue weighted by atomic mass is 10.3. The zero-order valence-electron chi connectivity index (χ0n) is 11.5. The lowest BCUT2D eigenvalue weighted by molar-refractivity contribution is -0.121. The number of sulfone groups is 1. The normalized spacial score (nSPS) is 10.8. The molecular weight excluding hydrogens is 380 g/mol. The molecule has 0 spiro atoms. The summed E-state index contributed by atoms with van der Waals surface area (Å²) in [6.45, 7) is 1.06. The maximum absolute atomic E-state index is 12.0. The van der Waals surface area contributed by atoms with Gasteiger partial charge in [-0.15, -0.1) is 12.4 Å². The van der Waals surface area contributed by atoms with Gasteiger partial charge in [-0.05, 0) is 43.7 Å². The maximum Gasteiger partial charge on any atom is 0.220 e. The van der Waals surface area contributed by atoms with Gasteiger partial charge < -0.3 is 11.1 Å². The molecule has 1 aromatic carbocycles. The van der Waals surface area contributed by atoms with Crippen molar-refractivity contribution in [3.63, 3.8) is 0 Å². The van der Waals surface area contributed by atoms with Crippen molar-refractivity contribution in [1.82, 2.24) is 5.32 Å². The Kier molecular flexibility index (Phi) is 9.85. The van der Waals surface area contributed by atoms with Crippen LogP contribution in [0.3, 0.4) is 0 Å². The van der Waals surface area contributed by atoms with E-state index >= 15 is 0 Å². The van der Waals surface area contributed by atoms with E-state index in [0.717, 1.165) is 10.9 Å². The summed E-state index contributed by atoms with van der Waals surface area (Å²) in [7, 11) is -3.32. The summed E-state index contributed by atoms with van der Waals surface area (Å²) in [5.41, 5.74) is 5.31. The molecule has 1 rings (SSSR count). The number of nitrogens with one attached hydrogen (secondary N) is 1. The molecule has 1 aromatic rings. The van der Waals surface area contributed by atoms with Gasteiger partial charge in [-0.3, -0.25) is 4.79 Å². The second kappa shape index (κ2) is 10.2. The molecule has 0 atom stereocenters. The molecule has 0 fully saturated rings. The van der Waals surface area contributed by atoms with Gasteiger partial charge in [-0.2, -0.15) is 0 Å². The summed E-state index contributed by atoms with van der Waals surface area (Å²) in [4.78, 5) is 11.7. The third-order valence-corrected chi connectivity index (χ3v) is 5.04. The van der Waals surface area contributed by atoms with Crippen molar-refractivity contribution in [2.75, 3.05) is 18.8 Å². The highest BCUT2D eigenvalue weighted by Gasteiger charge is 2.14. The molecule has 3 N–H and O–H groups in total. The molecular formula is C13H20BrClN2O3S. The van der Waals surface area contributed by atoms with Crippen LogP contribution in [0, 0.1) is 0 Å². The van der Waals surface area contributed by atoms with Crippen LogP contribution in [0.5, 0.6) is 0 Å². The van der Waals surface area contributed by atoms with Crippen molar-refractivity contribution < 1.29 is 13.2 Å². The number of nitrogens with two attached hydrogens (primary N) is 1. The Hall–Kier alpha value is -0.630. The molecule has 8 heteroatoms. The van der Waals surface area contributed by atoms with Crippen LogP contribution in [0.15, 0.2) is 33.6 Å². The molecule has 5 nitrogen and oxygen atoms in total. The summed E-state index contributed by atoms with van der Waals surface area (Å²) in [5, 5.41) is 2.70. The van der Waals surface area contributed by atoms with Gasteiger partial charge in [-0.1, -0.05) is 15.9 Å². The molecule has 0 aliphatic carbocycles. The van der Waals surface area contributed by atoms with E-state index in [9.17, 15) is 13.2 Å². The fourth-order valence-electron chi connectivity index (χ4n) is 1.60. The van der Waals surface area contributed by atoms with Crippen molar-refractivity contribution >= 4 is 44.1 Å². The Balaban J connectivity index is 0.00000400. The molecule has 0 bridgehead atoms. The molecule has 0 saturated carbocycles. The summed E-state index contributed by atoms with van der Waals surface area (Å²) in [6.07, 6.45) is 1.25. The van der Waals surface area contributed by atoms with Crippen LogP contribution in [0.4, 0.5) is 0 Å². The number of halogens is 2. The minimum atomic E-state index is -3.32. The quantitative estimate of drug-likeness (QED) is 0.653. The van der Waals surface area contributed by atoms with E-state index in [0.29, 0.717) is 19.5 Å². The number of benzene rings is 1. The van der Waals surface area contributed by atoms with Crippen LogP contribution < -0.4 is 11.1 Å². The van der Waals surface area contributed by atoms with Gasteiger partial charge >= 0.3 is 0 Å². The van der Waals surface area contributed by atoms with Gasteiger partial charge in [0.05, 0.1) is 10.6 Å². The third-order valence-electron chi connectivity index (χ3n) is 2.69. The van der Waals surface area contributed by atoms with E-state index in [1.807, 2.05) is 0 Å². The minimum Gasteiger partial charge on any atom is -0.356 e. The van der Waals surface area contributed by atoms with Crippen LogP contribution >= 0.6 is 28.3 Å². The largest absolute Gasteiger partial charge is 0.356 e. The first-order valence-electron chi connectivity index (χ1n) is 6.41. The van der Waals surface area contributed by atoms with Crippen LogP contribution in [-0.2, 0) is 14.6 Å². The monoisotopic (exact) mass is 398 g/mol. The van der Waals surface area contributed by atoms with Crippen molar-refractivity contribution in [3.05, 3.63) is 28.7 Å². The second-order valence-electron chi connectivity index (χ2n) is 4.37. The highest BCUT2D eigenvalue weighted by atomic mass is 79.9. The van der Waals surface area contributed by atoms with Crippen molar-refractivity contribution in [3.8, 4) is 0 Å². The second-order valence-corrected chi connectivity index (χ2v) is 7.39. The average Bonchev–Trinajstić information content (AvgIpc) is 2.39. The van der Waals surface area contributed by atoms with Crippen LogP contribution in [0.1, 0.15) is 19.3 Å². The van der Waals surface area contributed by atoms with Gasteiger partial charge in [0.15, 0.2) is 9.84 Å². The minimum absolute atomic E-state index is 0. The van der Waals surface area contributed by atoms with Crippen molar-refractivity contribution in [2.45, 2.75) is 24.2 Å². The average molecular weight is 400 g/mol. The number of carbonyl (C=O) groups is 1. The highest BCUT2D eigenvalue weighted by Crippen LogP contribution is 2.16. The lowest BCUT2D eigenvalue weighted by Gasteiger charge is -2.06. The number of hydrogen-bond acceptors (Lipinski definition) is 4. The summed E-state index contributed by atoms with van der Waals surface area (Å²) < 4.78 is 24.9. The Labute approximate surface area is 140 Å². The zero-order valence-corrected chi connectivity index (χ0v) is 14.8. The number of carbonyl (C=O) groups excluding carboxylic acids is 1. The zero-order chi connectivity index (χ0) is 15.0. The van der Waals surface area contributed by atoms with Crippen molar-refractivity contribution in [2.24, 2.45) is 5.73 Å². The molecule has 0 unspecified atom stereocenters. The smallest absolute Gasteiger partial charge is 0.220 e. The Morgan fingerprint density at radius 2 is 1.81 bits per heavy atom. The first kappa shape index (κ1) is 20.4. The van der Waals surface area contributed by atoms with E-state index in [1.165, 1.54) is 0 Å². The van der Waals surface area contributed by atoms with E-state index in [1.54, 1.807) is 24.3 Å². The topological polar surface area (TPSA) is 89.3 Å². The van der Waals surface area contributed by atoms with E-state index in [2.05, 4.69) is 21.2 Å². The maximum atomic E-state index is 12.0. The molecule has 0 aliphatic heterocycles. The molecule has 0 aliphatic rings. The van der Waals surface area contributed by atoms with Gasteiger partial charge in [0, 0.05) is 17.4 Å². The standard InChI is InChI=1S/C13H19BrN2O3S.ClH/c14-11-4-6-12(7-5-11)20(18,19)10-1-3-13(17)16-9-2-8-15;/h4-7H,1-3,8-10,15H2,(H,16,17);1H. The molecule has 0 aromatic heterocycles. The summed E-state index contributed by atoms with van der Waals surface area (Å²) in [6, 6.07) is 6.49. The Bertz CT molecular complexity index is 535. The molecule has 0 saturated heterocycles. The van der Waals surface area contributed by atoms with E-state index in [4.69, 9.17) is 5.73 Å². The third kappa shape index (κ3) is 7.80. The van der Waals surface area contributed by atoms with Crippen molar-refractivity contribution in [1.29, 1.82) is 0 Å². The molecule has 1 amide bonds. The molecule has 120 valence electrons. The van der Waals surface area contributed by atoms with E-state index in [-0.39, 0.29) is 35.4 Å². The van der Waals surface area contributed by atoms with Crippen LogP contribution in [0.25, 0.3) is 0 Å². The predicted octanol–water partition coefficient (Wildman–Crippen LogP) is 1.89. The Morgan fingerprint density at radius 3 is 2.38 bits per heavy atom. The first-order valence-corrected chi connectivity index (χ1v) is 8.85. The summed E-state index contributed by atoms with van der Waals surface area (Å²) in [5.74, 6) is -0.164. The SMILES string of the molecule is Cl.NCCCNC(=O)CCCS(=O)(=O)c1ccc(Br)cc1. The molecule has 0 radical (unpaired) electrons. The molecule has 0 heterocycles. The van der Waals surface area contributed by atoms with Gasteiger partial charge in [-0.25, -0.2) is 8.42 Å². The van der Waals surface area contributed by atoms with Crippen LogP contribution in [0.2, 0.25) is 0 Å². The van der Waals surface area contributed by atoms with Gasteiger partial charge in [0.2, 0.25) is 5.91 Å². The highest BCUT2D eigenvalue weighted by molar-refractivity contribution is 9.10. The lowest BCUT2D eigenvalue weighted by Crippen LogP contribution is -2.26. The van der Waals surface area contributed by atoms with Crippen LogP contribution in [-0.4, -0.2) is 33.2 Å².